The van der Waals surface area contributed by atoms with E-state index in [1.54, 1.807) is 0 Å². The summed E-state index contributed by atoms with van der Waals surface area (Å²) < 4.78 is 6.56. The first-order valence-electron chi connectivity index (χ1n) is 7.09. The highest BCUT2D eigenvalue weighted by molar-refractivity contribution is 5.86. The molecule has 128 valence electrons. The molecule has 0 aliphatic carbocycles. The zero-order valence-corrected chi connectivity index (χ0v) is 12.3. The van der Waals surface area contributed by atoms with Gasteiger partial charge in [0.1, 0.15) is 24.4 Å². The molecule has 1 saturated heterocycles. The fraction of sp³-hybridized carbons (Fsp3) is 0.615. The lowest BCUT2D eigenvalue weighted by Gasteiger charge is -2.39. The van der Waals surface area contributed by atoms with Crippen LogP contribution in [0, 0.1) is 0 Å². The van der Waals surface area contributed by atoms with Gasteiger partial charge < -0.3 is 30.5 Å². The Morgan fingerprint density at radius 3 is 2.78 bits per heavy atom. The van der Waals surface area contributed by atoms with Gasteiger partial charge in [0.25, 0.3) is 0 Å². The van der Waals surface area contributed by atoms with Crippen LogP contribution in [0.1, 0.15) is 11.9 Å². The van der Waals surface area contributed by atoms with Crippen molar-refractivity contribution in [3.05, 3.63) is 24.5 Å². The fourth-order valence-corrected chi connectivity index (χ4v) is 2.24. The van der Waals surface area contributed by atoms with Gasteiger partial charge in [-0.2, -0.15) is 0 Å². The number of nitrogens with one attached hydrogen (secondary N) is 1. The first-order chi connectivity index (χ1) is 11.0. The smallest absolute Gasteiger partial charge is 0.243 e. The zero-order valence-electron chi connectivity index (χ0n) is 12.3. The van der Waals surface area contributed by atoms with Crippen molar-refractivity contribution >= 4 is 5.91 Å². The summed E-state index contributed by atoms with van der Waals surface area (Å²) in [4.78, 5) is 11.0. The molecule has 0 spiro atoms. The Morgan fingerprint density at radius 1 is 1.39 bits per heavy atom. The maximum absolute atomic E-state index is 11.0. The van der Waals surface area contributed by atoms with E-state index in [-0.39, 0.29) is 5.91 Å². The summed E-state index contributed by atoms with van der Waals surface area (Å²) in [5.74, 6) is -0.300. The number of amides is 1. The number of hydrogen-bond acceptors (Lipinski definition) is 8. The SMILES string of the molecule is C=CC(=O)NCCc1cn([C@@H]2O[C@H](CO)[C@@H](O)C(O)[C@H]2O)nn1. The minimum absolute atomic E-state index is 0.300. The van der Waals surface area contributed by atoms with Crippen LogP contribution in [-0.4, -0.2) is 78.9 Å². The number of aliphatic hydroxyl groups is 4. The second kappa shape index (κ2) is 7.62. The zero-order chi connectivity index (χ0) is 17.0. The summed E-state index contributed by atoms with van der Waals surface area (Å²) in [5.41, 5.74) is 0.534. The van der Waals surface area contributed by atoms with Gasteiger partial charge in [-0.1, -0.05) is 11.8 Å². The van der Waals surface area contributed by atoms with Crippen LogP contribution in [0.3, 0.4) is 0 Å². The topological polar surface area (TPSA) is 150 Å². The van der Waals surface area contributed by atoms with Crippen molar-refractivity contribution in [1.29, 1.82) is 0 Å². The quantitative estimate of drug-likeness (QED) is 0.349. The van der Waals surface area contributed by atoms with Gasteiger partial charge in [0, 0.05) is 13.0 Å². The maximum atomic E-state index is 11.0. The number of rotatable bonds is 6. The van der Waals surface area contributed by atoms with E-state index in [0.717, 1.165) is 6.08 Å². The van der Waals surface area contributed by atoms with E-state index in [1.807, 2.05) is 0 Å². The summed E-state index contributed by atoms with van der Waals surface area (Å²) >= 11 is 0. The highest BCUT2D eigenvalue weighted by Gasteiger charge is 2.44. The molecule has 0 radical (unpaired) electrons. The van der Waals surface area contributed by atoms with Crippen molar-refractivity contribution in [1.82, 2.24) is 20.3 Å². The van der Waals surface area contributed by atoms with Crippen molar-refractivity contribution in [2.45, 2.75) is 37.1 Å². The van der Waals surface area contributed by atoms with Gasteiger partial charge in [-0.25, -0.2) is 4.68 Å². The average Bonchev–Trinajstić information content (AvgIpc) is 3.01. The largest absolute Gasteiger partial charge is 0.394 e. The van der Waals surface area contributed by atoms with E-state index in [2.05, 4.69) is 22.2 Å². The van der Waals surface area contributed by atoms with Crippen LogP contribution in [0.25, 0.3) is 0 Å². The van der Waals surface area contributed by atoms with Gasteiger partial charge >= 0.3 is 0 Å². The second-order valence-electron chi connectivity index (χ2n) is 5.15. The molecule has 1 aliphatic rings. The van der Waals surface area contributed by atoms with Crippen molar-refractivity contribution < 1.29 is 30.0 Å². The number of nitrogens with zero attached hydrogens (tertiary/aromatic N) is 3. The van der Waals surface area contributed by atoms with Crippen LogP contribution >= 0.6 is 0 Å². The first-order valence-corrected chi connectivity index (χ1v) is 7.09. The summed E-state index contributed by atoms with van der Waals surface area (Å²) in [6.45, 7) is 3.15. The molecule has 5 atom stereocenters. The lowest BCUT2D eigenvalue weighted by atomic mass is 9.98. The summed E-state index contributed by atoms with van der Waals surface area (Å²) in [6.07, 6.45) is -3.39. The molecule has 10 nitrogen and oxygen atoms in total. The fourth-order valence-electron chi connectivity index (χ4n) is 2.24. The molecule has 1 unspecified atom stereocenters. The molecule has 0 aromatic carbocycles. The third-order valence-corrected chi connectivity index (χ3v) is 3.55. The number of ether oxygens (including phenoxy) is 1. The summed E-state index contributed by atoms with van der Waals surface area (Å²) in [7, 11) is 0. The monoisotopic (exact) mass is 328 g/mol. The Labute approximate surface area is 132 Å². The highest BCUT2D eigenvalue weighted by Crippen LogP contribution is 2.27. The predicted molar refractivity (Wildman–Crippen MR) is 75.9 cm³/mol. The molecule has 5 N–H and O–H groups in total. The average molecular weight is 328 g/mol. The molecule has 0 bridgehead atoms. The van der Waals surface area contributed by atoms with Gasteiger partial charge in [-0.05, 0) is 6.08 Å². The maximum Gasteiger partial charge on any atom is 0.243 e. The third-order valence-electron chi connectivity index (χ3n) is 3.55. The summed E-state index contributed by atoms with van der Waals surface area (Å²) in [6, 6.07) is 0. The molecule has 0 saturated carbocycles. The van der Waals surface area contributed by atoms with Gasteiger partial charge in [0.15, 0.2) is 6.23 Å². The molecule has 23 heavy (non-hydrogen) atoms. The lowest BCUT2D eigenvalue weighted by molar-refractivity contribution is -0.254. The Morgan fingerprint density at radius 2 is 2.13 bits per heavy atom. The molecule has 1 aliphatic heterocycles. The number of aliphatic hydroxyl groups excluding tert-OH is 4. The Bertz CT molecular complexity index is 548. The van der Waals surface area contributed by atoms with Crippen LogP contribution in [0.5, 0.6) is 0 Å². The molecule has 1 aromatic rings. The van der Waals surface area contributed by atoms with E-state index >= 15 is 0 Å². The van der Waals surface area contributed by atoms with Crippen LogP contribution in [0.4, 0.5) is 0 Å². The third kappa shape index (κ3) is 3.92. The van der Waals surface area contributed by atoms with Gasteiger partial charge in [0.2, 0.25) is 5.91 Å². The van der Waals surface area contributed by atoms with E-state index in [0.29, 0.717) is 18.7 Å². The Hall–Kier alpha value is -1.85. The van der Waals surface area contributed by atoms with Crippen LogP contribution < -0.4 is 5.32 Å². The molecule has 1 amide bonds. The van der Waals surface area contributed by atoms with Crippen LogP contribution in [0.2, 0.25) is 0 Å². The lowest BCUT2D eigenvalue weighted by Crippen LogP contribution is -2.56. The second-order valence-corrected chi connectivity index (χ2v) is 5.15. The van der Waals surface area contributed by atoms with E-state index in [9.17, 15) is 20.1 Å². The van der Waals surface area contributed by atoms with E-state index in [4.69, 9.17) is 9.84 Å². The minimum atomic E-state index is -1.48. The Kier molecular flexibility index (Phi) is 5.80. The standard InChI is InChI=1S/C13H20N4O6/c1-2-9(19)14-4-3-7-5-17(16-15-7)13-12(22)11(21)10(20)8(6-18)23-13/h2,5,8,10-13,18,20-22H,1,3-4,6H2,(H,14,19)/t8-,10-,11?,12-,13-/m1/s1. The van der Waals surface area contributed by atoms with Crippen LogP contribution in [-0.2, 0) is 16.0 Å². The minimum Gasteiger partial charge on any atom is -0.394 e. The van der Waals surface area contributed by atoms with Gasteiger partial charge in [-0.3, -0.25) is 4.79 Å². The van der Waals surface area contributed by atoms with Gasteiger partial charge in [0.05, 0.1) is 18.5 Å². The molecule has 2 rings (SSSR count). The molecule has 1 aromatic heterocycles. The van der Waals surface area contributed by atoms with Crippen LogP contribution in [0.15, 0.2) is 18.9 Å². The first kappa shape index (κ1) is 17.5. The molecule has 2 heterocycles. The summed E-state index contributed by atoms with van der Waals surface area (Å²) in [5, 5.41) is 48.9. The van der Waals surface area contributed by atoms with Gasteiger partial charge in [-0.15, -0.1) is 5.10 Å². The van der Waals surface area contributed by atoms with Crippen molar-refractivity contribution in [2.24, 2.45) is 0 Å². The molecule has 1 fully saturated rings. The highest BCUT2D eigenvalue weighted by atomic mass is 16.6. The van der Waals surface area contributed by atoms with Crippen molar-refractivity contribution in [3.63, 3.8) is 0 Å². The normalized spacial score (nSPS) is 30.9. The number of carbonyl (C=O) groups is 1. The number of aromatic nitrogens is 3. The van der Waals surface area contributed by atoms with E-state index in [1.165, 1.54) is 10.9 Å². The predicted octanol–water partition coefficient (Wildman–Crippen LogP) is -2.90. The molecular weight excluding hydrogens is 308 g/mol. The number of hydrogen-bond donors (Lipinski definition) is 5. The van der Waals surface area contributed by atoms with E-state index < -0.39 is 37.3 Å². The molecule has 10 heteroatoms. The molecular formula is C13H20N4O6. The Balaban J connectivity index is 2.01. The number of carbonyl (C=O) groups excluding carboxylic acids is 1. The van der Waals surface area contributed by atoms with Crippen molar-refractivity contribution in [2.75, 3.05) is 13.2 Å². The van der Waals surface area contributed by atoms with Crippen molar-refractivity contribution in [3.8, 4) is 0 Å².